The highest BCUT2D eigenvalue weighted by Gasteiger charge is 2.31. The van der Waals surface area contributed by atoms with E-state index in [0.29, 0.717) is 11.6 Å². The summed E-state index contributed by atoms with van der Waals surface area (Å²) in [5, 5.41) is 3.08. The van der Waals surface area contributed by atoms with E-state index >= 15 is 0 Å². The highest BCUT2D eigenvalue weighted by molar-refractivity contribution is 5.77. The Labute approximate surface area is 93.6 Å². The third-order valence-electron chi connectivity index (χ3n) is 2.63. The standard InChI is InChI=1S/C12H14FNO2/c1-16-12(15)11(14-8-6-7-8)9-4-2-3-5-10(9)13/h2-5,8,11,14H,6-7H2,1H3. The van der Waals surface area contributed by atoms with E-state index in [1.54, 1.807) is 18.2 Å². The Morgan fingerprint density at radius 1 is 1.50 bits per heavy atom. The summed E-state index contributed by atoms with van der Waals surface area (Å²) >= 11 is 0. The second kappa shape index (κ2) is 4.61. The molecule has 3 nitrogen and oxygen atoms in total. The van der Waals surface area contributed by atoms with Gasteiger partial charge in [-0.2, -0.15) is 0 Å². The van der Waals surface area contributed by atoms with Crippen LogP contribution in [-0.2, 0) is 9.53 Å². The van der Waals surface area contributed by atoms with Gasteiger partial charge in [0.25, 0.3) is 0 Å². The molecule has 1 atom stereocenters. The molecular formula is C12H14FNO2. The van der Waals surface area contributed by atoms with Gasteiger partial charge in [0.15, 0.2) is 0 Å². The molecule has 86 valence electrons. The van der Waals surface area contributed by atoms with E-state index in [1.165, 1.54) is 13.2 Å². The van der Waals surface area contributed by atoms with Gasteiger partial charge in [-0.3, -0.25) is 5.32 Å². The van der Waals surface area contributed by atoms with E-state index in [-0.39, 0.29) is 5.82 Å². The summed E-state index contributed by atoms with van der Waals surface area (Å²) in [5.41, 5.74) is 0.348. The molecule has 0 amide bonds. The number of carbonyl (C=O) groups excluding carboxylic acids is 1. The minimum atomic E-state index is -0.696. The molecular weight excluding hydrogens is 209 g/mol. The summed E-state index contributed by atoms with van der Waals surface area (Å²) in [7, 11) is 1.31. The van der Waals surface area contributed by atoms with Crippen molar-refractivity contribution in [1.29, 1.82) is 0 Å². The predicted molar refractivity (Wildman–Crippen MR) is 57.3 cm³/mol. The molecule has 1 aromatic carbocycles. The first-order valence-corrected chi connectivity index (χ1v) is 5.30. The van der Waals surface area contributed by atoms with Gasteiger partial charge in [0.05, 0.1) is 7.11 Å². The van der Waals surface area contributed by atoms with Crippen molar-refractivity contribution in [1.82, 2.24) is 5.32 Å². The van der Waals surface area contributed by atoms with E-state index < -0.39 is 12.0 Å². The first-order chi connectivity index (χ1) is 7.72. The Morgan fingerprint density at radius 3 is 2.75 bits per heavy atom. The third kappa shape index (κ3) is 2.39. The molecule has 2 rings (SSSR count). The number of rotatable bonds is 4. The summed E-state index contributed by atoms with van der Waals surface area (Å²) < 4.78 is 18.2. The summed E-state index contributed by atoms with van der Waals surface area (Å²) in [6.07, 6.45) is 2.06. The average Bonchev–Trinajstić information content (AvgIpc) is 3.10. The molecule has 4 heteroatoms. The van der Waals surface area contributed by atoms with Crippen LogP contribution < -0.4 is 5.32 Å². The fourth-order valence-electron chi connectivity index (χ4n) is 1.60. The predicted octanol–water partition coefficient (Wildman–Crippen LogP) is 1.79. The highest BCUT2D eigenvalue weighted by atomic mass is 19.1. The monoisotopic (exact) mass is 223 g/mol. The van der Waals surface area contributed by atoms with Crippen molar-refractivity contribution in [3.05, 3.63) is 35.6 Å². The minimum Gasteiger partial charge on any atom is -0.468 e. The van der Waals surface area contributed by atoms with Crippen LogP contribution in [0.4, 0.5) is 4.39 Å². The van der Waals surface area contributed by atoms with Crippen molar-refractivity contribution < 1.29 is 13.9 Å². The zero-order valence-corrected chi connectivity index (χ0v) is 9.07. The largest absolute Gasteiger partial charge is 0.468 e. The Kier molecular flexibility index (Phi) is 3.19. The molecule has 1 N–H and O–H groups in total. The Hall–Kier alpha value is -1.42. The van der Waals surface area contributed by atoms with Gasteiger partial charge in [0.2, 0.25) is 0 Å². The smallest absolute Gasteiger partial charge is 0.327 e. The van der Waals surface area contributed by atoms with Crippen LogP contribution in [0.3, 0.4) is 0 Å². The van der Waals surface area contributed by atoms with Crippen LogP contribution in [0, 0.1) is 5.82 Å². The minimum absolute atomic E-state index is 0.309. The van der Waals surface area contributed by atoms with Crippen molar-refractivity contribution in [3.63, 3.8) is 0 Å². The van der Waals surface area contributed by atoms with Crippen LogP contribution in [0.1, 0.15) is 24.4 Å². The molecule has 1 unspecified atom stereocenters. The lowest BCUT2D eigenvalue weighted by Gasteiger charge is -2.16. The SMILES string of the molecule is COC(=O)C(NC1CC1)c1ccccc1F. The number of hydrogen-bond donors (Lipinski definition) is 1. The van der Waals surface area contributed by atoms with Gasteiger partial charge in [-0.05, 0) is 18.9 Å². The van der Waals surface area contributed by atoms with Crippen LogP contribution in [0.25, 0.3) is 0 Å². The number of carbonyl (C=O) groups is 1. The van der Waals surface area contributed by atoms with Crippen molar-refractivity contribution >= 4 is 5.97 Å². The van der Waals surface area contributed by atoms with Crippen molar-refractivity contribution in [2.45, 2.75) is 24.9 Å². The second-order valence-electron chi connectivity index (χ2n) is 3.92. The van der Waals surface area contributed by atoms with Gasteiger partial charge >= 0.3 is 5.97 Å². The summed E-state index contributed by atoms with van der Waals surface area (Å²) in [6, 6.07) is 5.88. The number of nitrogens with one attached hydrogen (secondary N) is 1. The maximum Gasteiger partial charge on any atom is 0.327 e. The first kappa shape index (κ1) is 11.1. The van der Waals surface area contributed by atoms with Crippen LogP contribution >= 0.6 is 0 Å². The number of hydrogen-bond acceptors (Lipinski definition) is 3. The molecule has 0 saturated heterocycles. The molecule has 0 spiro atoms. The van der Waals surface area contributed by atoms with E-state index in [2.05, 4.69) is 10.1 Å². The molecule has 1 fully saturated rings. The Bertz CT molecular complexity index is 390. The van der Waals surface area contributed by atoms with Crippen LogP contribution in [0.2, 0.25) is 0 Å². The molecule has 16 heavy (non-hydrogen) atoms. The van der Waals surface area contributed by atoms with Crippen LogP contribution in [0.15, 0.2) is 24.3 Å². The number of esters is 1. The number of benzene rings is 1. The first-order valence-electron chi connectivity index (χ1n) is 5.30. The fraction of sp³-hybridized carbons (Fsp3) is 0.417. The maximum atomic E-state index is 13.6. The fourth-order valence-corrected chi connectivity index (χ4v) is 1.60. The zero-order chi connectivity index (χ0) is 11.5. The van der Waals surface area contributed by atoms with Crippen molar-refractivity contribution in [2.24, 2.45) is 0 Å². The number of ether oxygens (including phenoxy) is 1. The maximum absolute atomic E-state index is 13.6. The topological polar surface area (TPSA) is 38.3 Å². The van der Waals surface area contributed by atoms with Crippen LogP contribution in [-0.4, -0.2) is 19.1 Å². The number of halogens is 1. The summed E-state index contributed by atoms with van der Waals surface area (Å²) in [6.45, 7) is 0. The van der Waals surface area contributed by atoms with E-state index in [9.17, 15) is 9.18 Å². The summed E-state index contributed by atoms with van der Waals surface area (Å²) in [5.74, 6) is -0.831. The Morgan fingerprint density at radius 2 is 2.19 bits per heavy atom. The lowest BCUT2D eigenvalue weighted by molar-refractivity contribution is -0.143. The normalized spacial score (nSPS) is 16.9. The van der Waals surface area contributed by atoms with Gasteiger partial charge in [-0.15, -0.1) is 0 Å². The third-order valence-corrected chi connectivity index (χ3v) is 2.63. The van der Waals surface area contributed by atoms with Gasteiger partial charge in [0, 0.05) is 11.6 Å². The van der Waals surface area contributed by atoms with Gasteiger partial charge in [-0.1, -0.05) is 18.2 Å². The molecule has 0 aliphatic heterocycles. The molecule has 0 heterocycles. The zero-order valence-electron chi connectivity index (χ0n) is 9.07. The summed E-state index contributed by atoms with van der Waals surface area (Å²) in [4.78, 5) is 11.6. The lowest BCUT2D eigenvalue weighted by atomic mass is 10.1. The van der Waals surface area contributed by atoms with Gasteiger partial charge < -0.3 is 4.74 Å². The average molecular weight is 223 g/mol. The molecule has 0 bridgehead atoms. The molecule has 1 aliphatic carbocycles. The molecule has 1 aliphatic rings. The molecule has 0 radical (unpaired) electrons. The van der Waals surface area contributed by atoms with Crippen molar-refractivity contribution in [2.75, 3.05) is 7.11 Å². The highest BCUT2D eigenvalue weighted by Crippen LogP contribution is 2.26. The molecule has 1 aromatic rings. The lowest BCUT2D eigenvalue weighted by Crippen LogP contribution is -2.31. The van der Waals surface area contributed by atoms with Gasteiger partial charge in [0.1, 0.15) is 11.9 Å². The van der Waals surface area contributed by atoms with Gasteiger partial charge in [-0.25, -0.2) is 9.18 Å². The van der Waals surface area contributed by atoms with E-state index in [0.717, 1.165) is 12.8 Å². The van der Waals surface area contributed by atoms with E-state index in [1.807, 2.05) is 0 Å². The molecule has 0 aromatic heterocycles. The van der Waals surface area contributed by atoms with E-state index in [4.69, 9.17) is 0 Å². The number of methoxy groups -OCH3 is 1. The second-order valence-corrected chi connectivity index (χ2v) is 3.92. The van der Waals surface area contributed by atoms with Crippen molar-refractivity contribution in [3.8, 4) is 0 Å². The van der Waals surface area contributed by atoms with Crippen LogP contribution in [0.5, 0.6) is 0 Å². The Balaban J connectivity index is 2.22. The molecule has 1 saturated carbocycles. The quantitative estimate of drug-likeness (QED) is 0.791.